The lowest BCUT2D eigenvalue weighted by Gasteiger charge is -2.41. The number of amides is 2. The highest BCUT2D eigenvalue weighted by Gasteiger charge is 2.35. The van der Waals surface area contributed by atoms with E-state index in [1.807, 2.05) is 27.7 Å². The van der Waals surface area contributed by atoms with E-state index >= 15 is 0 Å². The number of aliphatic carboxylic acids is 1. The van der Waals surface area contributed by atoms with Gasteiger partial charge in [0.15, 0.2) is 0 Å². The van der Waals surface area contributed by atoms with Gasteiger partial charge in [-0.2, -0.15) is 0 Å². The number of piperidine rings is 1. The van der Waals surface area contributed by atoms with Gasteiger partial charge in [-0.3, -0.25) is 14.5 Å². The number of hydrogen-bond acceptors (Lipinski definition) is 4. The van der Waals surface area contributed by atoms with Crippen LogP contribution in [0.25, 0.3) is 0 Å². The van der Waals surface area contributed by atoms with Crippen LogP contribution in [0.1, 0.15) is 74.7 Å². The number of likely N-dealkylation sites (tertiary alicyclic amines) is 1. The standard InChI is InChI=1S/C24H43N3O4/c1-14(2)18(8)27-12-10-9-11-20(27)22(28)26-21(16(5)6)23(29)25-19(15(3)4)13-17(7)24(30)31/h13-16,18-21H,9-12H2,1-8H3,(H,25,29)(H,26,28)(H,30,31)/t18?,19-,20?,21+/m1/s1. The number of carboxylic acid groups (broad SMARTS) is 1. The highest BCUT2D eigenvalue weighted by atomic mass is 16.4. The molecule has 1 heterocycles. The Balaban J connectivity index is 2.97. The van der Waals surface area contributed by atoms with Crippen LogP contribution in [-0.4, -0.2) is 58.5 Å². The molecule has 0 radical (unpaired) electrons. The summed E-state index contributed by atoms with van der Waals surface area (Å²) in [7, 11) is 0. The molecule has 1 fully saturated rings. The number of carbonyl (C=O) groups excluding carboxylic acids is 2. The van der Waals surface area contributed by atoms with Gasteiger partial charge in [0.2, 0.25) is 11.8 Å². The van der Waals surface area contributed by atoms with Crippen LogP contribution in [-0.2, 0) is 14.4 Å². The van der Waals surface area contributed by atoms with Crippen molar-refractivity contribution in [3.8, 4) is 0 Å². The lowest BCUT2D eigenvalue weighted by atomic mass is 9.94. The molecular weight excluding hydrogens is 394 g/mol. The Bertz CT molecular complexity index is 657. The van der Waals surface area contributed by atoms with Crippen molar-refractivity contribution in [2.45, 2.75) is 98.8 Å². The maximum atomic E-state index is 13.2. The third-order valence-corrected chi connectivity index (χ3v) is 6.38. The van der Waals surface area contributed by atoms with Crippen molar-refractivity contribution in [1.29, 1.82) is 0 Å². The smallest absolute Gasteiger partial charge is 0.331 e. The van der Waals surface area contributed by atoms with Crippen LogP contribution in [0.5, 0.6) is 0 Å². The Morgan fingerprint density at radius 2 is 1.55 bits per heavy atom. The minimum Gasteiger partial charge on any atom is -0.478 e. The van der Waals surface area contributed by atoms with Gasteiger partial charge in [-0.25, -0.2) is 4.79 Å². The van der Waals surface area contributed by atoms with Gasteiger partial charge < -0.3 is 15.7 Å². The summed E-state index contributed by atoms with van der Waals surface area (Å²) in [4.78, 5) is 39.8. The number of rotatable bonds is 10. The zero-order valence-corrected chi connectivity index (χ0v) is 20.6. The van der Waals surface area contributed by atoms with E-state index in [1.165, 1.54) is 6.92 Å². The second-order valence-electron chi connectivity index (χ2n) is 9.90. The second kappa shape index (κ2) is 12.2. The molecule has 3 N–H and O–H groups in total. The predicted molar refractivity (Wildman–Crippen MR) is 124 cm³/mol. The van der Waals surface area contributed by atoms with Crippen LogP contribution in [0.15, 0.2) is 11.6 Å². The van der Waals surface area contributed by atoms with Crippen molar-refractivity contribution in [3.05, 3.63) is 11.6 Å². The molecule has 1 saturated heterocycles. The van der Waals surface area contributed by atoms with Gasteiger partial charge in [-0.15, -0.1) is 0 Å². The highest BCUT2D eigenvalue weighted by molar-refractivity contribution is 5.90. The second-order valence-corrected chi connectivity index (χ2v) is 9.90. The molecule has 1 aliphatic heterocycles. The molecule has 7 heteroatoms. The van der Waals surface area contributed by atoms with Crippen molar-refractivity contribution in [3.63, 3.8) is 0 Å². The Morgan fingerprint density at radius 1 is 0.935 bits per heavy atom. The fourth-order valence-electron chi connectivity index (χ4n) is 3.89. The lowest BCUT2D eigenvalue weighted by Crippen LogP contribution is -2.59. The van der Waals surface area contributed by atoms with E-state index in [9.17, 15) is 19.5 Å². The van der Waals surface area contributed by atoms with Gasteiger partial charge in [0.25, 0.3) is 0 Å². The molecule has 0 aromatic carbocycles. The molecule has 178 valence electrons. The van der Waals surface area contributed by atoms with Gasteiger partial charge in [-0.05, 0) is 51.0 Å². The third-order valence-electron chi connectivity index (χ3n) is 6.38. The van der Waals surface area contributed by atoms with Crippen LogP contribution < -0.4 is 10.6 Å². The third kappa shape index (κ3) is 7.95. The molecular formula is C24H43N3O4. The van der Waals surface area contributed by atoms with E-state index in [-0.39, 0.29) is 41.3 Å². The van der Waals surface area contributed by atoms with Gasteiger partial charge in [0.05, 0.1) is 12.1 Å². The van der Waals surface area contributed by atoms with Crippen molar-refractivity contribution < 1.29 is 19.5 Å². The van der Waals surface area contributed by atoms with E-state index in [0.717, 1.165) is 25.8 Å². The summed E-state index contributed by atoms with van der Waals surface area (Å²) in [6.07, 6.45) is 4.45. The maximum absolute atomic E-state index is 13.2. The molecule has 4 atom stereocenters. The van der Waals surface area contributed by atoms with Gasteiger partial charge in [0, 0.05) is 11.6 Å². The van der Waals surface area contributed by atoms with E-state index in [2.05, 4.69) is 36.3 Å². The quantitative estimate of drug-likeness (QED) is 0.456. The summed E-state index contributed by atoms with van der Waals surface area (Å²) >= 11 is 0. The van der Waals surface area contributed by atoms with Gasteiger partial charge in [0.1, 0.15) is 6.04 Å². The Kier molecular flexibility index (Phi) is 10.7. The number of carboxylic acids is 1. The van der Waals surface area contributed by atoms with Crippen LogP contribution in [0.3, 0.4) is 0 Å². The molecule has 1 aliphatic rings. The number of hydrogen-bond donors (Lipinski definition) is 3. The van der Waals surface area contributed by atoms with Crippen molar-refractivity contribution >= 4 is 17.8 Å². The Hall–Kier alpha value is -1.89. The summed E-state index contributed by atoms with van der Waals surface area (Å²) in [5.74, 6) is -1.03. The molecule has 7 nitrogen and oxygen atoms in total. The molecule has 1 rings (SSSR count). The van der Waals surface area contributed by atoms with Crippen molar-refractivity contribution in [2.75, 3.05) is 6.54 Å². The topological polar surface area (TPSA) is 98.7 Å². The van der Waals surface area contributed by atoms with Crippen molar-refractivity contribution in [1.82, 2.24) is 15.5 Å². The molecule has 0 saturated carbocycles. The summed E-state index contributed by atoms with van der Waals surface area (Å²) < 4.78 is 0. The summed E-state index contributed by atoms with van der Waals surface area (Å²) in [5, 5.41) is 15.1. The largest absolute Gasteiger partial charge is 0.478 e. The van der Waals surface area contributed by atoms with Crippen LogP contribution in [0.4, 0.5) is 0 Å². The number of carbonyl (C=O) groups is 3. The molecule has 0 aromatic heterocycles. The van der Waals surface area contributed by atoms with Crippen LogP contribution in [0, 0.1) is 17.8 Å². The lowest BCUT2D eigenvalue weighted by molar-refractivity contribution is -0.135. The van der Waals surface area contributed by atoms with Gasteiger partial charge >= 0.3 is 5.97 Å². The first-order chi connectivity index (χ1) is 14.4. The Labute approximate surface area is 188 Å². The molecule has 2 unspecified atom stereocenters. The first kappa shape index (κ1) is 27.1. The average molecular weight is 438 g/mol. The molecule has 0 spiro atoms. The maximum Gasteiger partial charge on any atom is 0.331 e. The van der Waals surface area contributed by atoms with E-state index in [4.69, 9.17) is 0 Å². The zero-order valence-electron chi connectivity index (χ0n) is 20.6. The molecule has 2 amide bonds. The first-order valence-corrected chi connectivity index (χ1v) is 11.6. The van der Waals surface area contributed by atoms with Gasteiger partial charge in [-0.1, -0.05) is 54.0 Å². The van der Waals surface area contributed by atoms with E-state index in [1.54, 1.807) is 6.08 Å². The fraction of sp³-hybridized carbons (Fsp3) is 0.792. The summed E-state index contributed by atoms with van der Waals surface area (Å²) in [6.45, 7) is 16.6. The fourth-order valence-corrected chi connectivity index (χ4v) is 3.89. The zero-order chi connectivity index (χ0) is 23.9. The molecule has 0 aromatic rings. The number of nitrogens with one attached hydrogen (secondary N) is 2. The minimum atomic E-state index is -1.01. The SMILES string of the molecule is CC(=C[C@@H](NC(=O)[C@@H](NC(=O)C1CCCCN1C(C)C(C)C)C(C)C)C(C)C)C(=O)O. The minimum absolute atomic E-state index is 0.0162. The summed E-state index contributed by atoms with van der Waals surface area (Å²) in [6, 6.07) is -1.04. The highest BCUT2D eigenvalue weighted by Crippen LogP contribution is 2.23. The molecule has 31 heavy (non-hydrogen) atoms. The Morgan fingerprint density at radius 3 is 2.03 bits per heavy atom. The molecule has 0 aliphatic carbocycles. The normalized spacial score (nSPS) is 21.1. The monoisotopic (exact) mass is 437 g/mol. The van der Waals surface area contributed by atoms with Crippen molar-refractivity contribution in [2.24, 2.45) is 17.8 Å². The van der Waals surface area contributed by atoms with Crippen LogP contribution >= 0.6 is 0 Å². The predicted octanol–water partition coefficient (Wildman–Crippen LogP) is 3.20. The molecule has 0 bridgehead atoms. The average Bonchev–Trinajstić information content (AvgIpc) is 2.69. The van der Waals surface area contributed by atoms with E-state index in [0.29, 0.717) is 5.92 Å². The van der Waals surface area contributed by atoms with Crippen LogP contribution in [0.2, 0.25) is 0 Å². The first-order valence-electron chi connectivity index (χ1n) is 11.6. The van der Waals surface area contributed by atoms with E-state index < -0.39 is 18.1 Å². The number of nitrogens with zero attached hydrogens (tertiary/aromatic N) is 1. The summed E-state index contributed by atoms with van der Waals surface area (Å²) in [5.41, 5.74) is 0.185.